The molecule has 0 saturated heterocycles. The summed E-state index contributed by atoms with van der Waals surface area (Å²) in [5, 5.41) is 12.2. The molecule has 27 heavy (non-hydrogen) atoms. The lowest BCUT2D eigenvalue weighted by Gasteiger charge is -2.10. The van der Waals surface area contributed by atoms with E-state index in [0.717, 1.165) is 35.1 Å². The minimum absolute atomic E-state index is 0.0973. The van der Waals surface area contributed by atoms with Crippen LogP contribution in [0.3, 0.4) is 0 Å². The average molecular weight is 382 g/mol. The molecule has 1 amide bonds. The van der Waals surface area contributed by atoms with Crippen molar-refractivity contribution in [1.82, 2.24) is 20.1 Å². The molecule has 1 saturated carbocycles. The molecule has 0 atom stereocenters. The van der Waals surface area contributed by atoms with Gasteiger partial charge in [-0.1, -0.05) is 42.1 Å². The maximum atomic E-state index is 12.9. The molecular formula is C20H19FN4OS. The van der Waals surface area contributed by atoms with Gasteiger partial charge in [-0.05, 0) is 42.7 Å². The third-order valence-corrected chi connectivity index (χ3v) is 5.28. The summed E-state index contributed by atoms with van der Waals surface area (Å²) in [6.45, 7) is 0.373. The van der Waals surface area contributed by atoms with Crippen LogP contribution in [-0.2, 0) is 11.3 Å². The van der Waals surface area contributed by atoms with Crippen LogP contribution in [-0.4, -0.2) is 26.4 Å². The first-order chi connectivity index (χ1) is 13.2. The summed E-state index contributed by atoms with van der Waals surface area (Å²) in [7, 11) is 0. The van der Waals surface area contributed by atoms with Crippen molar-refractivity contribution in [1.29, 1.82) is 0 Å². The number of carbonyl (C=O) groups is 1. The van der Waals surface area contributed by atoms with Gasteiger partial charge in [-0.25, -0.2) is 4.39 Å². The van der Waals surface area contributed by atoms with Crippen molar-refractivity contribution in [2.24, 2.45) is 0 Å². The molecule has 0 spiro atoms. The largest absolute Gasteiger partial charge is 0.351 e. The van der Waals surface area contributed by atoms with Crippen molar-refractivity contribution in [2.45, 2.75) is 30.5 Å². The van der Waals surface area contributed by atoms with Crippen molar-refractivity contribution in [3.8, 4) is 5.69 Å². The lowest BCUT2D eigenvalue weighted by molar-refractivity contribution is -0.118. The third-order valence-electron chi connectivity index (χ3n) is 4.35. The Balaban J connectivity index is 1.41. The average Bonchev–Trinajstić information content (AvgIpc) is 3.46. The number of nitrogens with zero attached hydrogens (tertiary/aromatic N) is 3. The minimum Gasteiger partial charge on any atom is -0.351 e. The van der Waals surface area contributed by atoms with E-state index in [9.17, 15) is 9.18 Å². The van der Waals surface area contributed by atoms with Crippen molar-refractivity contribution < 1.29 is 9.18 Å². The summed E-state index contributed by atoms with van der Waals surface area (Å²) in [6, 6.07) is 16.1. The van der Waals surface area contributed by atoms with Gasteiger partial charge in [0.15, 0.2) is 5.16 Å². The Hall–Kier alpha value is -2.67. The molecular weight excluding hydrogens is 363 g/mol. The van der Waals surface area contributed by atoms with Crippen LogP contribution in [0.4, 0.5) is 4.39 Å². The molecule has 5 nitrogen and oxygen atoms in total. The van der Waals surface area contributed by atoms with E-state index in [1.165, 1.54) is 23.9 Å². The zero-order valence-electron chi connectivity index (χ0n) is 14.6. The van der Waals surface area contributed by atoms with Crippen molar-refractivity contribution in [3.05, 3.63) is 71.8 Å². The molecule has 1 aliphatic rings. The predicted octanol–water partition coefficient (Wildman–Crippen LogP) is 3.69. The smallest absolute Gasteiger partial charge is 0.230 e. The molecule has 3 aromatic rings. The Bertz CT molecular complexity index is 923. The third kappa shape index (κ3) is 4.36. The van der Waals surface area contributed by atoms with Gasteiger partial charge in [-0.15, -0.1) is 10.2 Å². The van der Waals surface area contributed by atoms with Gasteiger partial charge < -0.3 is 5.32 Å². The van der Waals surface area contributed by atoms with Crippen LogP contribution in [0.2, 0.25) is 0 Å². The number of hydrogen-bond acceptors (Lipinski definition) is 4. The maximum absolute atomic E-state index is 12.9. The first-order valence-corrected chi connectivity index (χ1v) is 9.84. The summed E-state index contributed by atoms with van der Waals surface area (Å²) in [6.07, 6.45) is 2.27. The molecule has 2 aromatic carbocycles. The standard InChI is InChI=1S/C20H19FN4OS/c21-16-10-6-14(7-11-16)12-22-18(26)13-27-20-24-23-19(15-8-9-15)25(20)17-4-2-1-3-5-17/h1-7,10-11,15H,8-9,12-13H2,(H,22,26). The van der Waals surface area contributed by atoms with Crippen molar-refractivity contribution >= 4 is 17.7 Å². The second kappa shape index (κ2) is 7.92. The topological polar surface area (TPSA) is 59.8 Å². The number of benzene rings is 2. The molecule has 138 valence electrons. The molecule has 0 bridgehead atoms. The summed E-state index contributed by atoms with van der Waals surface area (Å²) in [5.41, 5.74) is 1.87. The number of halogens is 1. The Kier molecular flexibility index (Phi) is 5.20. The Morgan fingerprint density at radius 2 is 1.85 bits per heavy atom. The molecule has 1 aromatic heterocycles. The summed E-state index contributed by atoms with van der Waals surface area (Å²) in [4.78, 5) is 12.2. The van der Waals surface area contributed by atoms with Crippen LogP contribution in [0.25, 0.3) is 5.69 Å². The van der Waals surface area contributed by atoms with Gasteiger partial charge in [0.05, 0.1) is 5.75 Å². The van der Waals surface area contributed by atoms with Crippen molar-refractivity contribution in [2.75, 3.05) is 5.75 Å². The Morgan fingerprint density at radius 1 is 1.11 bits per heavy atom. The molecule has 4 rings (SSSR count). The van der Waals surface area contributed by atoms with E-state index in [1.807, 2.05) is 30.3 Å². The van der Waals surface area contributed by atoms with E-state index >= 15 is 0 Å². The van der Waals surface area contributed by atoms with Crippen LogP contribution >= 0.6 is 11.8 Å². The van der Waals surface area contributed by atoms with Gasteiger partial charge in [0.1, 0.15) is 11.6 Å². The monoisotopic (exact) mass is 382 g/mol. The lowest BCUT2D eigenvalue weighted by Crippen LogP contribution is -2.24. The van der Waals surface area contributed by atoms with Crippen LogP contribution in [0.5, 0.6) is 0 Å². The minimum atomic E-state index is -0.285. The van der Waals surface area contributed by atoms with Gasteiger partial charge in [-0.3, -0.25) is 9.36 Å². The number of nitrogens with one attached hydrogen (secondary N) is 1. The van der Waals surface area contributed by atoms with E-state index in [-0.39, 0.29) is 17.5 Å². The Labute approximate surface area is 161 Å². The van der Waals surface area contributed by atoms with E-state index in [4.69, 9.17) is 0 Å². The van der Waals surface area contributed by atoms with E-state index in [2.05, 4.69) is 20.1 Å². The number of aromatic nitrogens is 3. The van der Waals surface area contributed by atoms with Gasteiger partial charge in [0, 0.05) is 18.2 Å². The first kappa shape index (κ1) is 17.7. The van der Waals surface area contributed by atoms with Gasteiger partial charge >= 0.3 is 0 Å². The fourth-order valence-electron chi connectivity index (χ4n) is 2.78. The molecule has 1 heterocycles. The number of rotatable bonds is 7. The normalized spacial score (nSPS) is 13.5. The van der Waals surface area contributed by atoms with E-state index in [1.54, 1.807) is 12.1 Å². The number of para-hydroxylation sites is 1. The fraction of sp³-hybridized carbons (Fsp3) is 0.250. The number of carbonyl (C=O) groups excluding carboxylic acids is 1. The zero-order valence-corrected chi connectivity index (χ0v) is 15.5. The van der Waals surface area contributed by atoms with Crippen LogP contribution < -0.4 is 5.32 Å². The maximum Gasteiger partial charge on any atom is 0.230 e. The first-order valence-electron chi connectivity index (χ1n) is 8.85. The number of hydrogen-bond donors (Lipinski definition) is 1. The van der Waals surface area contributed by atoms with Crippen LogP contribution in [0, 0.1) is 5.82 Å². The van der Waals surface area contributed by atoms with Crippen molar-refractivity contribution in [3.63, 3.8) is 0 Å². The zero-order chi connectivity index (χ0) is 18.6. The highest BCUT2D eigenvalue weighted by molar-refractivity contribution is 7.99. The molecule has 0 aliphatic heterocycles. The summed E-state index contributed by atoms with van der Waals surface area (Å²) in [5.74, 6) is 1.29. The highest BCUT2D eigenvalue weighted by Crippen LogP contribution is 2.41. The quantitative estimate of drug-likeness (QED) is 0.633. The molecule has 1 N–H and O–H groups in total. The number of amides is 1. The second-order valence-corrected chi connectivity index (χ2v) is 7.42. The summed E-state index contributed by atoms with van der Waals surface area (Å²) < 4.78 is 15.0. The summed E-state index contributed by atoms with van der Waals surface area (Å²) >= 11 is 1.37. The lowest BCUT2D eigenvalue weighted by atomic mass is 10.2. The predicted molar refractivity (Wildman–Crippen MR) is 102 cm³/mol. The van der Waals surface area contributed by atoms with Gasteiger partial charge in [0.2, 0.25) is 5.91 Å². The highest BCUT2D eigenvalue weighted by Gasteiger charge is 2.31. The fourth-order valence-corrected chi connectivity index (χ4v) is 3.57. The van der Waals surface area contributed by atoms with Crippen LogP contribution in [0.1, 0.15) is 30.1 Å². The molecule has 1 fully saturated rings. The van der Waals surface area contributed by atoms with Crippen LogP contribution in [0.15, 0.2) is 59.8 Å². The molecule has 0 unspecified atom stereocenters. The van der Waals surface area contributed by atoms with E-state index < -0.39 is 0 Å². The highest BCUT2D eigenvalue weighted by atomic mass is 32.2. The number of thioether (sulfide) groups is 1. The Morgan fingerprint density at radius 3 is 2.56 bits per heavy atom. The molecule has 0 radical (unpaired) electrons. The van der Waals surface area contributed by atoms with E-state index in [0.29, 0.717) is 12.5 Å². The van der Waals surface area contributed by atoms with Gasteiger partial charge in [-0.2, -0.15) is 0 Å². The molecule has 7 heteroatoms. The SMILES string of the molecule is O=C(CSc1nnc(C2CC2)n1-c1ccccc1)NCc1ccc(F)cc1. The molecule has 1 aliphatic carbocycles. The second-order valence-electron chi connectivity index (χ2n) is 6.48. The van der Waals surface area contributed by atoms with Gasteiger partial charge in [0.25, 0.3) is 0 Å².